The number of hydrogen-bond acceptors (Lipinski definition) is 4. The standard InChI is InChI=1S/C14H15BrN2OS/c1-9(2)18-11-4-3-5-12(14(11)16)19-13-7-6-10(15)8-17-13/h3-9H,16H2,1-2H3. The van der Waals surface area contributed by atoms with Crippen molar-refractivity contribution in [2.75, 3.05) is 5.73 Å². The van der Waals surface area contributed by atoms with Crippen molar-refractivity contribution in [1.29, 1.82) is 0 Å². The summed E-state index contributed by atoms with van der Waals surface area (Å²) in [6, 6.07) is 9.70. The van der Waals surface area contributed by atoms with E-state index >= 15 is 0 Å². The minimum Gasteiger partial charge on any atom is -0.489 e. The smallest absolute Gasteiger partial charge is 0.143 e. The summed E-state index contributed by atoms with van der Waals surface area (Å²) in [5.74, 6) is 0.720. The molecule has 19 heavy (non-hydrogen) atoms. The number of aromatic nitrogens is 1. The van der Waals surface area contributed by atoms with Gasteiger partial charge in [-0.05, 0) is 54.0 Å². The Balaban J connectivity index is 2.23. The molecule has 0 bridgehead atoms. The number of halogens is 1. The second kappa shape index (κ2) is 6.30. The fourth-order valence-electron chi connectivity index (χ4n) is 1.50. The highest BCUT2D eigenvalue weighted by atomic mass is 79.9. The number of nitrogens with two attached hydrogens (primary N) is 1. The molecule has 1 heterocycles. The van der Waals surface area contributed by atoms with Gasteiger partial charge in [-0.1, -0.05) is 17.8 Å². The number of nitrogen functional groups attached to an aromatic ring is 1. The number of ether oxygens (including phenoxy) is 1. The zero-order valence-corrected chi connectivity index (χ0v) is 13.2. The third kappa shape index (κ3) is 3.88. The molecule has 1 aromatic heterocycles. The quantitative estimate of drug-likeness (QED) is 0.841. The van der Waals surface area contributed by atoms with Gasteiger partial charge >= 0.3 is 0 Å². The maximum Gasteiger partial charge on any atom is 0.143 e. The van der Waals surface area contributed by atoms with Gasteiger partial charge < -0.3 is 10.5 Å². The molecule has 0 radical (unpaired) electrons. The maximum absolute atomic E-state index is 6.13. The minimum absolute atomic E-state index is 0.105. The van der Waals surface area contributed by atoms with Gasteiger partial charge in [0.25, 0.3) is 0 Å². The Morgan fingerprint density at radius 1 is 1.26 bits per heavy atom. The van der Waals surface area contributed by atoms with Crippen molar-refractivity contribution in [3.63, 3.8) is 0 Å². The van der Waals surface area contributed by atoms with Crippen molar-refractivity contribution in [1.82, 2.24) is 4.98 Å². The molecular formula is C14H15BrN2OS. The summed E-state index contributed by atoms with van der Waals surface area (Å²) in [6.07, 6.45) is 1.88. The van der Waals surface area contributed by atoms with Crippen molar-refractivity contribution in [2.45, 2.75) is 29.9 Å². The van der Waals surface area contributed by atoms with Crippen LogP contribution in [0.5, 0.6) is 5.75 Å². The largest absolute Gasteiger partial charge is 0.489 e. The van der Waals surface area contributed by atoms with Crippen LogP contribution in [0, 0.1) is 0 Å². The summed E-state index contributed by atoms with van der Waals surface area (Å²) in [5, 5.41) is 0.900. The zero-order chi connectivity index (χ0) is 13.8. The first kappa shape index (κ1) is 14.2. The molecule has 0 saturated carbocycles. The van der Waals surface area contributed by atoms with Gasteiger partial charge in [-0.25, -0.2) is 4.98 Å². The van der Waals surface area contributed by atoms with Gasteiger partial charge in [0.2, 0.25) is 0 Å². The predicted molar refractivity (Wildman–Crippen MR) is 82.7 cm³/mol. The first-order valence-electron chi connectivity index (χ1n) is 5.91. The highest BCUT2D eigenvalue weighted by Crippen LogP contribution is 2.36. The van der Waals surface area contributed by atoms with Crippen molar-refractivity contribution in [2.24, 2.45) is 0 Å². The van der Waals surface area contributed by atoms with Crippen LogP contribution in [0.1, 0.15) is 13.8 Å². The average Bonchev–Trinajstić information content (AvgIpc) is 2.36. The summed E-state index contributed by atoms with van der Waals surface area (Å²) in [6.45, 7) is 3.96. The zero-order valence-electron chi connectivity index (χ0n) is 10.8. The van der Waals surface area contributed by atoms with Crippen LogP contribution in [0.3, 0.4) is 0 Å². The third-order valence-electron chi connectivity index (χ3n) is 2.30. The maximum atomic E-state index is 6.13. The van der Waals surface area contributed by atoms with Gasteiger partial charge in [-0.2, -0.15) is 0 Å². The Labute approximate surface area is 125 Å². The van der Waals surface area contributed by atoms with Crippen LogP contribution >= 0.6 is 27.7 Å². The molecule has 0 fully saturated rings. The summed E-state index contributed by atoms with van der Waals surface area (Å²) in [7, 11) is 0. The first-order valence-corrected chi connectivity index (χ1v) is 7.52. The predicted octanol–water partition coefficient (Wildman–Crippen LogP) is 4.36. The molecule has 0 atom stereocenters. The Morgan fingerprint density at radius 2 is 2.05 bits per heavy atom. The molecule has 0 aliphatic carbocycles. The van der Waals surface area contributed by atoms with Crippen LogP contribution in [-0.2, 0) is 0 Å². The first-order chi connectivity index (χ1) is 9.06. The molecule has 2 aromatic rings. The number of hydrogen-bond donors (Lipinski definition) is 1. The van der Waals surface area contributed by atoms with Crippen LogP contribution in [0.4, 0.5) is 5.69 Å². The number of benzene rings is 1. The number of para-hydroxylation sites is 1. The molecule has 100 valence electrons. The molecule has 0 amide bonds. The van der Waals surface area contributed by atoms with Gasteiger partial charge in [0.15, 0.2) is 0 Å². The second-order valence-corrected chi connectivity index (χ2v) is 6.23. The van der Waals surface area contributed by atoms with Gasteiger partial charge in [-0.15, -0.1) is 0 Å². The van der Waals surface area contributed by atoms with Crippen molar-refractivity contribution in [3.8, 4) is 5.75 Å². The molecule has 1 aromatic carbocycles. The normalized spacial score (nSPS) is 10.7. The molecule has 0 aliphatic rings. The molecule has 2 rings (SSSR count). The Kier molecular flexibility index (Phi) is 4.71. The van der Waals surface area contributed by atoms with Crippen LogP contribution in [0.25, 0.3) is 0 Å². The number of pyridine rings is 1. The van der Waals surface area contributed by atoms with Crippen LogP contribution in [0.2, 0.25) is 0 Å². The molecule has 0 aliphatic heterocycles. The lowest BCUT2D eigenvalue weighted by Crippen LogP contribution is -2.07. The second-order valence-electron chi connectivity index (χ2n) is 4.25. The van der Waals surface area contributed by atoms with Gasteiger partial charge in [0.1, 0.15) is 10.8 Å². The van der Waals surface area contributed by atoms with Crippen molar-refractivity contribution >= 4 is 33.4 Å². The van der Waals surface area contributed by atoms with Crippen LogP contribution in [0.15, 0.2) is 50.9 Å². The molecule has 2 N–H and O–H groups in total. The van der Waals surface area contributed by atoms with Crippen LogP contribution < -0.4 is 10.5 Å². The lowest BCUT2D eigenvalue weighted by atomic mass is 10.3. The molecule has 0 spiro atoms. The lowest BCUT2D eigenvalue weighted by molar-refractivity contribution is 0.243. The average molecular weight is 339 g/mol. The molecule has 3 nitrogen and oxygen atoms in total. The monoisotopic (exact) mass is 338 g/mol. The van der Waals surface area contributed by atoms with E-state index in [1.54, 1.807) is 6.20 Å². The van der Waals surface area contributed by atoms with E-state index in [4.69, 9.17) is 10.5 Å². The molecule has 0 unspecified atom stereocenters. The van der Waals surface area contributed by atoms with E-state index in [1.807, 2.05) is 44.2 Å². The molecule has 5 heteroatoms. The van der Waals surface area contributed by atoms with E-state index in [1.165, 1.54) is 11.8 Å². The van der Waals surface area contributed by atoms with E-state index in [0.29, 0.717) is 5.69 Å². The third-order valence-corrected chi connectivity index (χ3v) is 3.80. The summed E-state index contributed by atoms with van der Waals surface area (Å²) >= 11 is 4.89. The summed E-state index contributed by atoms with van der Waals surface area (Å²) in [4.78, 5) is 5.28. The highest BCUT2D eigenvalue weighted by Gasteiger charge is 2.09. The number of rotatable bonds is 4. The lowest BCUT2D eigenvalue weighted by Gasteiger charge is -2.14. The SMILES string of the molecule is CC(C)Oc1cccc(Sc2ccc(Br)cn2)c1N. The van der Waals surface area contributed by atoms with Crippen molar-refractivity contribution in [3.05, 3.63) is 41.0 Å². The summed E-state index contributed by atoms with van der Waals surface area (Å²) < 4.78 is 6.64. The van der Waals surface area contributed by atoms with E-state index in [2.05, 4.69) is 20.9 Å². The Morgan fingerprint density at radius 3 is 2.68 bits per heavy atom. The van der Waals surface area contributed by atoms with E-state index in [0.717, 1.165) is 20.1 Å². The number of nitrogens with zero attached hydrogens (tertiary/aromatic N) is 1. The van der Waals surface area contributed by atoms with Gasteiger partial charge in [-0.3, -0.25) is 0 Å². The Bertz CT molecular complexity index is 558. The van der Waals surface area contributed by atoms with E-state index in [9.17, 15) is 0 Å². The fourth-order valence-corrected chi connectivity index (χ4v) is 2.56. The topological polar surface area (TPSA) is 48.1 Å². The fraction of sp³-hybridized carbons (Fsp3) is 0.214. The van der Waals surface area contributed by atoms with Gasteiger partial charge in [0.05, 0.1) is 11.8 Å². The Hall–Kier alpha value is -1.20. The van der Waals surface area contributed by atoms with Crippen molar-refractivity contribution < 1.29 is 4.74 Å². The van der Waals surface area contributed by atoms with E-state index in [-0.39, 0.29) is 6.10 Å². The minimum atomic E-state index is 0.105. The van der Waals surface area contributed by atoms with Gasteiger partial charge in [0, 0.05) is 15.6 Å². The summed E-state index contributed by atoms with van der Waals surface area (Å²) in [5.41, 5.74) is 6.78. The number of anilines is 1. The van der Waals surface area contributed by atoms with Crippen LogP contribution in [-0.4, -0.2) is 11.1 Å². The van der Waals surface area contributed by atoms with E-state index < -0.39 is 0 Å². The highest BCUT2D eigenvalue weighted by molar-refractivity contribution is 9.10. The molecule has 0 saturated heterocycles. The molecular weight excluding hydrogens is 324 g/mol.